The SMILES string of the molecule is COc1cc2c(cc1OC)[C@H](CCc1ccc(Cl)cc1Cl)N([C@@H](C(N)=O)c1ccccc1)CC2. The maximum Gasteiger partial charge on any atom is 0.239 e. The third-order valence-electron chi connectivity index (χ3n) is 6.46. The molecule has 1 aliphatic heterocycles. The molecule has 178 valence electrons. The van der Waals surface area contributed by atoms with Crippen molar-refractivity contribution < 1.29 is 14.3 Å². The second-order valence-electron chi connectivity index (χ2n) is 8.40. The molecule has 34 heavy (non-hydrogen) atoms. The zero-order chi connectivity index (χ0) is 24.2. The van der Waals surface area contributed by atoms with Crippen LogP contribution in [0.5, 0.6) is 11.5 Å². The van der Waals surface area contributed by atoms with Gasteiger partial charge in [-0.2, -0.15) is 0 Å². The van der Waals surface area contributed by atoms with Gasteiger partial charge in [0.25, 0.3) is 0 Å². The van der Waals surface area contributed by atoms with E-state index in [1.807, 2.05) is 54.6 Å². The van der Waals surface area contributed by atoms with Crippen molar-refractivity contribution in [3.63, 3.8) is 0 Å². The van der Waals surface area contributed by atoms with Crippen molar-refractivity contribution >= 4 is 29.1 Å². The minimum atomic E-state index is -0.548. The molecule has 0 aliphatic carbocycles. The van der Waals surface area contributed by atoms with Crippen LogP contribution in [0.3, 0.4) is 0 Å². The summed E-state index contributed by atoms with van der Waals surface area (Å²) in [6, 6.07) is 18.7. The zero-order valence-electron chi connectivity index (χ0n) is 19.3. The number of aryl methyl sites for hydroxylation is 1. The zero-order valence-corrected chi connectivity index (χ0v) is 20.8. The van der Waals surface area contributed by atoms with E-state index in [0.717, 1.165) is 29.5 Å². The number of fused-ring (bicyclic) bond motifs is 1. The van der Waals surface area contributed by atoms with Gasteiger partial charge in [-0.05, 0) is 65.8 Å². The molecule has 4 rings (SSSR count). The summed E-state index contributed by atoms with van der Waals surface area (Å²) in [4.78, 5) is 15.0. The Balaban J connectivity index is 1.76. The number of amides is 1. The summed E-state index contributed by atoms with van der Waals surface area (Å²) in [6.45, 7) is 0.685. The summed E-state index contributed by atoms with van der Waals surface area (Å²) in [5.74, 6) is 0.987. The molecule has 3 aromatic carbocycles. The van der Waals surface area contributed by atoms with E-state index < -0.39 is 6.04 Å². The van der Waals surface area contributed by atoms with E-state index in [2.05, 4.69) is 4.90 Å². The number of primary amides is 1. The molecule has 2 atom stereocenters. The first-order valence-corrected chi connectivity index (χ1v) is 12.0. The summed E-state index contributed by atoms with van der Waals surface area (Å²) >= 11 is 12.6. The maximum atomic E-state index is 12.7. The number of methoxy groups -OCH3 is 2. The first-order valence-electron chi connectivity index (χ1n) is 11.2. The van der Waals surface area contributed by atoms with E-state index in [-0.39, 0.29) is 11.9 Å². The number of hydrogen-bond acceptors (Lipinski definition) is 4. The Bertz CT molecular complexity index is 1170. The second kappa shape index (κ2) is 10.7. The van der Waals surface area contributed by atoms with Crippen LogP contribution in [0.2, 0.25) is 10.0 Å². The van der Waals surface area contributed by atoms with Crippen LogP contribution in [0.25, 0.3) is 0 Å². The molecule has 0 spiro atoms. The lowest BCUT2D eigenvalue weighted by molar-refractivity contribution is -0.124. The van der Waals surface area contributed by atoms with Gasteiger partial charge < -0.3 is 15.2 Å². The van der Waals surface area contributed by atoms with Gasteiger partial charge in [0, 0.05) is 22.6 Å². The van der Waals surface area contributed by atoms with Gasteiger partial charge >= 0.3 is 0 Å². The quantitative estimate of drug-likeness (QED) is 0.428. The topological polar surface area (TPSA) is 64.8 Å². The monoisotopic (exact) mass is 498 g/mol. The number of ether oxygens (including phenoxy) is 2. The minimum Gasteiger partial charge on any atom is -0.493 e. The number of carbonyl (C=O) groups excluding carboxylic acids is 1. The van der Waals surface area contributed by atoms with Crippen LogP contribution in [0, 0.1) is 0 Å². The van der Waals surface area contributed by atoms with Gasteiger partial charge in [-0.25, -0.2) is 0 Å². The van der Waals surface area contributed by atoms with Crippen molar-refractivity contribution in [3.8, 4) is 11.5 Å². The third kappa shape index (κ3) is 5.02. The molecule has 1 aliphatic rings. The highest BCUT2D eigenvalue weighted by Crippen LogP contribution is 2.43. The lowest BCUT2D eigenvalue weighted by Gasteiger charge is -2.41. The molecule has 0 radical (unpaired) electrons. The van der Waals surface area contributed by atoms with Crippen molar-refractivity contribution in [3.05, 3.63) is 93.0 Å². The molecule has 5 nitrogen and oxygen atoms in total. The van der Waals surface area contributed by atoms with Crippen LogP contribution in [-0.2, 0) is 17.6 Å². The molecule has 0 bridgehead atoms. The van der Waals surface area contributed by atoms with E-state index in [4.69, 9.17) is 38.4 Å². The highest BCUT2D eigenvalue weighted by molar-refractivity contribution is 6.35. The van der Waals surface area contributed by atoms with Crippen LogP contribution in [0.4, 0.5) is 0 Å². The molecule has 3 aromatic rings. The van der Waals surface area contributed by atoms with E-state index in [9.17, 15) is 4.79 Å². The van der Waals surface area contributed by atoms with Crippen LogP contribution < -0.4 is 15.2 Å². The number of rotatable bonds is 8. The van der Waals surface area contributed by atoms with Gasteiger partial charge in [0.15, 0.2) is 11.5 Å². The molecule has 0 aromatic heterocycles. The number of nitrogens with zero attached hydrogens (tertiary/aromatic N) is 1. The molecule has 0 unspecified atom stereocenters. The van der Waals surface area contributed by atoms with Gasteiger partial charge in [-0.1, -0.05) is 59.6 Å². The van der Waals surface area contributed by atoms with Crippen molar-refractivity contribution in [1.29, 1.82) is 0 Å². The largest absolute Gasteiger partial charge is 0.493 e. The Hall–Kier alpha value is -2.73. The minimum absolute atomic E-state index is 0.0759. The molecular formula is C27H28Cl2N2O3. The fourth-order valence-corrected chi connectivity index (χ4v) is 5.35. The predicted octanol–water partition coefficient (Wildman–Crippen LogP) is 5.77. The number of hydrogen-bond donors (Lipinski definition) is 1. The highest BCUT2D eigenvalue weighted by Gasteiger charge is 2.36. The van der Waals surface area contributed by atoms with E-state index >= 15 is 0 Å². The average Bonchev–Trinajstić information content (AvgIpc) is 2.83. The lowest BCUT2D eigenvalue weighted by atomic mass is 9.86. The first kappa shape index (κ1) is 24.4. The van der Waals surface area contributed by atoms with Gasteiger partial charge in [0.05, 0.1) is 14.2 Å². The molecule has 0 saturated carbocycles. The first-order chi connectivity index (χ1) is 16.4. The van der Waals surface area contributed by atoms with Crippen molar-refractivity contribution in [2.24, 2.45) is 5.73 Å². The van der Waals surface area contributed by atoms with Crippen LogP contribution in [-0.4, -0.2) is 31.6 Å². The lowest BCUT2D eigenvalue weighted by Crippen LogP contribution is -2.44. The average molecular weight is 499 g/mol. The fourth-order valence-electron chi connectivity index (χ4n) is 4.85. The summed E-state index contributed by atoms with van der Waals surface area (Å²) in [7, 11) is 3.27. The number of benzene rings is 3. The van der Waals surface area contributed by atoms with Crippen molar-refractivity contribution in [2.45, 2.75) is 31.3 Å². The summed E-state index contributed by atoms with van der Waals surface area (Å²) in [6.07, 6.45) is 2.22. The second-order valence-corrected chi connectivity index (χ2v) is 9.24. The van der Waals surface area contributed by atoms with E-state index in [1.165, 1.54) is 5.56 Å². The molecule has 1 heterocycles. The smallest absolute Gasteiger partial charge is 0.239 e. The fraction of sp³-hybridized carbons (Fsp3) is 0.296. The molecule has 2 N–H and O–H groups in total. The molecule has 1 amide bonds. The van der Waals surface area contributed by atoms with Crippen molar-refractivity contribution in [1.82, 2.24) is 4.90 Å². The standard InChI is InChI=1S/C27H28Cl2N2O3/c1-33-24-14-19-12-13-31(26(27(30)32)18-6-4-3-5-7-18)23(21(19)16-25(24)34-2)11-9-17-8-10-20(28)15-22(17)29/h3-8,10,14-16,23,26H,9,11-13H2,1-2H3,(H2,30,32)/t23-,26+/m0/s1. The number of carbonyl (C=O) groups is 1. The molecule has 0 fully saturated rings. The summed E-state index contributed by atoms with van der Waals surface area (Å²) in [5.41, 5.74) is 10.1. The van der Waals surface area contributed by atoms with Gasteiger partial charge in [0.1, 0.15) is 6.04 Å². The molecule has 7 heteroatoms. The van der Waals surface area contributed by atoms with Crippen LogP contribution in [0.15, 0.2) is 60.7 Å². The summed E-state index contributed by atoms with van der Waals surface area (Å²) < 4.78 is 11.1. The normalized spacial score (nSPS) is 16.5. The molecular weight excluding hydrogens is 471 g/mol. The highest BCUT2D eigenvalue weighted by atomic mass is 35.5. The van der Waals surface area contributed by atoms with Gasteiger partial charge in [-0.3, -0.25) is 9.69 Å². The maximum absolute atomic E-state index is 12.7. The molecule has 0 saturated heterocycles. The Kier molecular flexibility index (Phi) is 7.67. The third-order valence-corrected chi connectivity index (χ3v) is 7.05. The number of halogens is 2. The Labute approximate surface area is 210 Å². The summed E-state index contributed by atoms with van der Waals surface area (Å²) in [5, 5.41) is 1.24. The van der Waals surface area contributed by atoms with Crippen LogP contribution >= 0.6 is 23.2 Å². The Morgan fingerprint density at radius 1 is 1.06 bits per heavy atom. The number of nitrogens with two attached hydrogens (primary N) is 1. The van der Waals surface area contributed by atoms with E-state index in [0.29, 0.717) is 34.5 Å². The van der Waals surface area contributed by atoms with E-state index in [1.54, 1.807) is 20.3 Å². The van der Waals surface area contributed by atoms with Crippen molar-refractivity contribution in [2.75, 3.05) is 20.8 Å². The Morgan fingerprint density at radius 2 is 1.76 bits per heavy atom. The van der Waals surface area contributed by atoms with Gasteiger partial charge in [0.2, 0.25) is 5.91 Å². The predicted molar refractivity (Wildman–Crippen MR) is 136 cm³/mol. The van der Waals surface area contributed by atoms with Gasteiger partial charge in [-0.15, -0.1) is 0 Å². The Morgan fingerprint density at radius 3 is 2.41 bits per heavy atom. The van der Waals surface area contributed by atoms with Crippen LogP contribution in [0.1, 0.15) is 40.8 Å².